The topological polar surface area (TPSA) is 49.9 Å². The Morgan fingerprint density at radius 3 is 2.62 bits per heavy atom. The molecule has 5 heteroatoms. The number of rotatable bonds is 0. The van der Waals surface area contributed by atoms with Crippen LogP contribution in [0.4, 0.5) is 0 Å². The Labute approximate surface area is 51.2 Å². The maximum Gasteiger partial charge on any atom is 0.248 e. The number of thiazole rings is 1. The predicted octanol–water partition coefficient (Wildman–Crippen LogP) is 0.487. The zero-order chi connectivity index (χ0) is 5.98. The van der Waals surface area contributed by atoms with Gasteiger partial charge in [0, 0.05) is 11.6 Å². The second-order valence-electron chi connectivity index (χ2n) is 1.09. The predicted molar refractivity (Wildman–Crippen MR) is 30.8 cm³/mol. The lowest BCUT2D eigenvalue weighted by atomic mass is 11.0. The summed E-state index contributed by atoms with van der Waals surface area (Å²) in [5, 5.41) is 1.67. The van der Waals surface area contributed by atoms with Gasteiger partial charge in [0.05, 0.1) is 0 Å². The molecule has 0 fully saturated rings. The van der Waals surface area contributed by atoms with Crippen LogP contribution in [-0.2, 0) is 10.3 Å². The maximum absolute atomic E-state index is 10.0. The van der Waals surface area contributed by atoms with Crippen molar-refractivity contribution in [2.75, 3.05) is 0 Å². The van der Waals surface area contributed by atoms with E-state index in [1.807, 2.05) is 0 Å². The minimum Gasteiger partial charge on any atom is -0.340 e. The Morgan fingerprint density at radius 2 is 2.38 bits per heavy atom. The van der Waals surface area contributed by atoms with Gasteiger partial charge in [-0.05, 0) is 0 Å². The fourth-order valence-corrected chi connectivity index (χ4v) is 1.36. The summed E-state index contributed by atoms with van der Waals surface area (Å²) < 4.78 is 20.4. The van der Waals surface area contributed by atoms with E-state index < -0.39 is 10.3 Å². The molecule has 1 aromatic rings. The molecule has 0 unspecified atom stereocenters. The van der Waals surface area contributed by atoms with Crippen molar-refractivity contribution in [2.45, 2.75) is 0 Å². The second kappa shape index (κ2) is 2.15. The minimum absolute atomic E-state index is 0.269. The molecule has 1 rings (SSSR count). The molecule has 8 heavy (non-hydrogen) atoms. The third kappa shape index (κ3) is 0.988. The Morgan fingerprint density at radius 1 is 1.62 bits per heavy atom. The summed E-state index contributed by atoms with van der Waals surface area (Å²) in [6.07, 6.45) is 1.58. The highest BCUT2D eigenvalue weighted by Crippen LogP contribution is 1.91. The quantitative estimate of drug-likeness (QED) is 0.546. The summed E-state index contributed by atoms with van der Waals surface area (Å²) in [5.41, 5.74) is 0. The molecule has 0 spiro atoms. The van der Waals surface area contributed by atoms with E-state index in [9.17, 15) is 8.42 Å². The van der Waals surface area contributed by atoms with Crippen LogP contribution in [0.3, 0.4) is 0 Å². The van der Waals surface area contributed by atoms with Crippen LogP contribution in [0.2, 0.25) is 0 Å². The molecule has 0 atom stereocenters. The van der Waals surface area contributed by atoms with Crippen molar-refractivity contribution in [3.05, 3.63) is 15.5 Å². The summed E-state index contributed by atoms with van der Waals surface area (Å²) in [5.74, 6) is 0. The van der Waals surface area contributed by atoms with Crippen LogP contribution in [-0.4, -0.2) is 13.4 Å². The van der Waals surface area contributed by atoms with Crippen LogP contribution in [0.5, 0.6) is 0 Å². The zero-order valence-electron chi connectivity index (χ0n) is 3.79. The minimum atomic E-state index is -2.08. The van der Waals surface area contributed by atoms with E-state index in [4.69, 9.17) is 0 Å². The van der Waals surface area contributed by atoms with Crippen molar-refractivity contribution in [2.24, 2.45) is 0 Å². The number of hydrogen-bond acceptors (Lipinski definition) is 3. The van der Waals surface area contributed by atoms with E-state index in [0.29, 0.717) is 0 Å². The number of H-pyrrole nitrogens is 1. The van der Waals surface area contributed by atoms with E-state index >= 15 is 0 Å². The summed E-state index contributed by atoms with van der Waals surface area (Å²) >= 11 is 1.16. The summed E-state index contributed by atoms with van der Waals surface area (Å²) in [6, 6.07) is 0. The molecule has 0 saturated carbocycles. The van der Waals surface area contributed by atoms with Gasteiger partial charge in [-0.2, -0.15) is 8.42 Å². The summed E-state index contributed by atoms with van der Waals surface area (Å²) in [4.78, 5) is 2.54. The van der Waals surface area contributed by atoms with Gasteiger partial charge < -0.3 is 4.98 Å². The molecule has 44 valence electrons. The number of nitrogens with one attached hydrogen (secondary N) is 1. The number of hydrogen-bond donors (Lipinski definition) is 1. The maximum atomic E-state index is 10.0. The van der Waals surface area contributed by atoms with E-state index in [1.165, 1.54) is 0 Å². The van der Waals surface area contributed by atoms with Crippen molar-refractivity contribution in [1.82, 2.24) is 4.98 Å². The fraction of sp³-hybridized carbons (Fsp3) is 0. The van der Waals surface area contributed by atoms with Gasteiger partial charge in [-0.25, -0.2) is 0 Å². The Kier molecular flexibility index (Phi) is 1.50. The van der Waals surface area contributed by atoms with Gasteiger partial charge in [0.2, 0.25) is 14.2 Å². The fourth-order valence-electron chi connectivity index (χ4n) is 0.319. The Balaban J connectivity index is 3.78. The molecule has 1 N–H and O–H groups in total. The molecule has 1 heterocycles. The molecular weight excluding hydrogens is 146 g/mol. The first-order chi connectivity index (χ1) is 3.80. The summed E-state index contributed by atoms with van der Waals surface area (Å²) in [7, 11) is -2.08. The summed E-state index contributed by atoms with van der Waals surface area (Å²) in [6.45, 7) is 0. The molecule has 0 bridgehead atoms. The lowest BCUT2D eigenvalue weighted by molar-refractivity contribution is 0.624. The molecule has 0 saturated heterocycles. The molecule has 0 aliphatic heterocycles. The number of aromatic amines is 1. The van der Waals surface area contributed by atoms with Crippen molar-refractivity contribution in [1.29, 1.82) is 0 Å². The largest absolute Gasteiger partial charge is 0.340 e. The first-order valence-electron chi connectivity index (χ1n) is 1.85. The monoisotopic (exact) mass is 149 g/mol. The Bertz CT molecular complexity index is 292. The normalized spacial score (nSPS) is 9.00. The molecule has 0 aliphatic carbocycles. The highest BCUT2D eigenvalue weighted by Gasteiger charge is 1.77. The van der Waals surface area contributed by atoms with Gasteiger partial charge >= 0.3 is 0 Å². The molecule has 0 radical (unpaired) electrons. The van der Waals surface area contributed by atoms with Crippen molar-refractivity contribution >= 4 is 21.6 Å². The molecular formula is C3H3NO2S2. The third-order valence-electron chi connectivity index (χ3n) is 0.596. The van der Waals surface area contributed by atoms with Crippen LogP contribution < -0.4 is 0 Å². The van der Waals surface area contributed by atoms with Crippen LogP contribution in [0.25, 0.3) is 0 Å². The van der Waals surface area contributed by atoms with Crippen molar-refractivity contribution in [3.8, 4) is 0 Å². The average Bonchev–Trinajstić information content (AvgIpc) is 2.12. The highest BCUT2D eigenvalue weighted by atomic mass is 32.2. The molecule has 0 aliphatic rings. The van der Waals surface area contributed by atoms with E-state index in [-0.39, 0.29) is 3.95 Å². The lowest BCUT2D eigenvalue weighted by Gasteiger charge is -1.55. The van der Waals surface area contributed by atoms with Crippen LogP contribution in [0.15, 0.2) is 11.6 Å². The molecule has 3 nitrogen and oxygen atoms in total. The Hall–Kier alpha value is -0.550. The van der Waals surface area contributed by atoms with Gasteiger partial charge in [-0.1, -0.05) is 0 Å². The van der Waals surface area contributed by atoms with E-state index in [0.717, 1.165) is 11.3 Å². The van der Waals surface area contributed by atoms with Crippen LogP contribution >= 0.6 is 11.3 Å². The van der Waals surface area contributed by atoms with Crippen molar-refractivity contribution in [3.63, 3.8) is 0 Å². The average molecular weight is 149 g/mol. The third-order valence-corrected chi connectivity index (χ3v) is 2.32. The van der Waals surface area contributed by atoms with Crippen molar-refractivity contribution < 1.29 is 8.42 Å². The lowest BCUT2D eigenvalue weighted by Crippen LogP contribution is -1.59. The zero-order valence-corrected chi connectivity index (χ0v) is 5.42. The molecule has 0 aromatic carbocycles. The highest BCUT2D eigenvalue weighted by molar-refractivity contribution is 7.66. The standard InChI is InChI=1S/C3H3NO2S2/c5-8(6)3-4-1-2-7-3/h1-2,4H. The number of aromatic nitrogens is 1. The van der Waals surface area contributed by atoms with Gasteiger partial charge in [0.25, 0.3) is 0 Å². The van der Waals surface area contributed by atoms with Gasteiger partial charge in [0.15, 0.2) is 0 Å². The molecule has 1 aromatic heterocycles. The van der Waals surface area contributed by atoms with E-state index in [1.54, 1.807) is 11.6 Å². The SMILES string of the molecule is O=S(=O)=c1[nH]ccs1. The van der Waals surface area contributed by atoms with Gasteiger partial charge in [0.1, 0.15) is 0 Å². The second-order valence-corrected chi connectivity index (χ2v) is 3.14. The van der Waals surface area contributed by atoms with Gasteiger partial charge in [-0.3, -0.25) is 0 Å². The van der Waals surface area contributed by atoms with Crippen LogP contribution in [0, 0.1) is 3.95 Å². The smallest absolute Gasteiger partial charge is 0.248 e. The van der Waals surface area contributed by atoms with Gasteiger partial charge in [-0.15, -0.1) is 11.3 Å². The molecule has 0 amide bonds. The van der Waals surface area contributed by atoms with Crippen LogP contribution in [0.1, 0.15) is 0 Å². The first-order valence-corrected chi connectivity index (χ1v) is 3.80. The van der Waals surface area contributed by atoms with E-state index in [2.05, 4.69) is 4.98 Å². The first kappa shape index (κ1) is 5.58.